The SMILES string of the molecule is CN[C@@H](C)C(=O)N[C@H](C(=O)N1C[C@@H]2C[C@H]1C(=O)N[C@@H](Cc1ccc3ccccc3c1)C(=O)C[C@H](C(=O)O)Cc1ccc(cc1)OCc1cn(nn1)[C@H]1C[C@@H](C(=O)N[C@@H](Cc3ccc4ccccc4c3)C(=O)N[C@H](C(=O)NCC(=O)O)Cc3ccc(cc3)OCc3cn2nn3)N(C(=O)[C@@H](NC(=O)[C@H](C)NC)C(C)(C)C)C1)C(C)(C)C. The van der Waals surface area contributed by atoms with Crippen molar-refractivity contribution in [3.05, 3.63) is 179 Å². The second-order valence-corrected chi connectivity index (χ2v) is 31.9. The zero-order valence-electron chi connectivity index (χ0n) is 65.5. The molecular formula is C83H100N16O15. The van der Waals surface area contributed by atoms with Crippen LogP contribution < -0.4 is 52.0 Å². The molecule has 31 nitrogen and oxygen atoms in total. The quantitative estimate of drug-likeness (QED) is 0.0637. The van der Waals surface area contributed by atoms with Gasteiger partial charge in [-0.25, -0.2) is 9.36 Å². The Bertz CT molecular complexity index is 4860. The molecule has 8 aromatic rings. The summed E-state index contributed by atoms with van der Waals surface area (Å²) >= 11 is 0. The Hall–Kier alpha value is -12.0. The van der Waals surface area contributed by atoms with Gasteiger partial charge in [-0.3, -0.25) is 52.7 Å². The number of amides is 8. The molecule has 12 atom stereocenters. The molecule has 0 unspecified atom stereocenters. The predicted molar refractivity (Wildman–Crippen MR) is 420 cm³/mol. The molecule has 2 saturated heterocycles. The van der Waals surface area contributed by atoms with Crippen LogP contribution in [0.5, 0.6) is 11.5 Å². The lowest BCUT2D eigenvalue weighted by molar-refractivity contribution is -0.145. The van der Waals surface area contributed by atoms with E-state index in [1.165, 1.54) is 19.2 Å². The van der Waals surface area contributed by atoms with Gasteiger partial charge in [0.15, 0.2) is 5.78 Å². The Balaban J connectivity index is 0.939. The number of carboxylic acids is 2. The third-order valence-electron chi connectivity index (χ3n) is 21.3. The van der Waals surface area contributed by atoms with Crippen LogP contribution in [-0.2, 0) is 91.6 Å². The van der Waals surface area contributed by atoms with Gasteiger partial charge in [-0.15, -0.1) is 10.2 Å². The fourth-order valence-corrected chi connectivity index (χ4v) is 14.4. The van der Waals surface area contributed by atoms with E-state index >= 15 is 28.8 Å². The van der Waals surface area contributed by atoms with Crippen molar-refractivity contribution in [3.63, 3.8) is 0 Å². The number of Topliss-reactive ketones (excluding diaryl/α,β-unsaturated/α-hetero) is 1. The minimum Gasteiger partial charge on any atom is -0.487 e. The molecule has 6 aliphatic rings. The lowest BCUT2D eigenvalue weighted by atomic mass is 9.85. The maximum atomic E-state index is 15.4. The number of ether oxygens (including phenoxy) is 2. The molecule has 12 bridgehead atoms. The van der Waals surface area contributed by atoms with Gasteiger partial charge < -0.3 is 72.0 Å². The smallest absolute Gasteiger partial charge is 0.322 e. The van der Waals surface area contributed by atoms with Gasteiger partial charge in [-0.05, 0) is 120 Å². The van der Waals surface area contributed by atoms with Crippen LogP contribution >= 0.6 is 0 Å². The van der Waals surface area contributed by atoms with E-state index in [4.69, 9.17) is 9.47 Å². The Labute approximate surface area is 659 Å². The highest BCUT2D eigenvalue weighted by Crippen LogP contribution is 2.35. The maximum absolute atomic E-state index is 15.4. The summed E-state index contributed by atoms with van der Waals surface area (Å²) in [7, 11) is 3.21. The Morgan fingerprint density at radius 2 is 0.965 bits per heavy atom. The highest BCUT2D eigenvalue weighted by molar-refractivity contribution is 5.99. The van der Waals surface area contributed by atoms with Crippen LogP contribution in [0.25, 0.3) is 21.5 Å². The zero-order valence-corrected chi connectivity index (χ0v) is 65.5. The number of carbonyl (C=O) groups is 11. The van der Waals surface area contributed by atoms with Gasteiger partial charge in [0.25, 0.3) is 0 Å². The van der Waals surface area contributed by atoms with Crippen LogP contribution in [0.4, 0.5) is 0 Å². The van der Waals surface area contributed by atoms with E-state index in [-0.39, 0.29) is 64.8 Å². The number of carboxylic acid groups (broad SMARTS) is 2. The van der Waals surface area contributed by atoms with Crippen molar-refractivity contribution in [2.24, 2.45) is 16.7 Å². The summed E-state index contributed by atoms with van der Waals surface area (Å²) in [4.78, 5) is 161. The number of likely N-dealkylation sites (N-methyl/N-ethyl adjacent to an activating group) is 2. The van der Waals surface area contributed by atoms with Crippen molar-refractivity contribution < 1.29 is 72.4 Å². The van der Waals surface area contributed by atoms with Crippen LogP contribution in [0.3, 0.4) is 0 Å². The summed E-state index contributed by atoms with van der Waals surface area (Å²) in [6.07, 6.45) is 2.14. The number of hydrogen-bond acceptors (Lipinski definition) is 19. The second kappa shape index (κ2) is 36.2. The normalized spacial score (nSPS) is 21.3. The molecule has 2 aromatic heterocycles. The fourth-order valence-electron chi connectivity index (χ4n) is 14.4. The molecule has 6 aromatic carbocycles. The first-order valence-electron chi connectivity index (χ1n) is 38.2. The number of aromatic nitrogens is 6. The molecule has 0 spiro atoms. The first kappa shape index (κ1) is 83.0. The Morgan fingerprint density at radius 3 is 1.39 bits per heavy atom. The predicted octanol–water partition coefficient (Wildman–Crippen LogP) is 4.50. The van der Waals surface area contributed by atoms with E-state index in [1.54, 1.807) is 136 Å². The molecule has 8 heterocycles. The van der Waals surface area contributed by atoms with Gasteiger partial charge in [-0.1, -0.05) is 161 Å². The van der Waals surface area contributed by atoms with Gasteiger partial charge in [-0.2, -0.15) is 0 Å². The minimum absolute atomic E-state index is 0.0370. The fraction of sp³-hybridized carbons (Fsp3) is 0.434. The molecule has 0 aliphatic carbocycles. The number of nitrogens with zero attached hydrogens (tertiary/aromatic N) is 8. The lowest BCUT2D eigenvalue weighted by Crippen LogP contribution is -2.61. The monoisotopic (exact) mass is 1560 g/mol. The summed E-state index contributed by atoms with van der Waals surface area (Å²) in [5, 5.41) is 64.5. The molecule has 31 heteroatoms. The molecule has 6 aliphatic heterocycles. The van der Waals surface area contributed by atoms with E-state index in [1.807, 2.05) is 78.9 Å². The van der Waals surface area contributed by atoms with Crippen molar-refractivity contribution in [3.8, 4) is 11.5 Å². The lowest BCUT2D eigenvalue weighted by Gasteiger charge is -2.36. The number of rotatable bonds is 16. The first-order valence-corrected chi connectivity index (χ1v) is 38.2. The highest BCUT2D eigenvalue weighted by Gasteiger charge is 2.49. The standard InChI is InChI=1S/C83H100N16O15/c1-47(84-9)73(103)90-71(82(3,4)5)79(109)96-43-60-38-67(96)77(107)87-64(35-51-19-25-53-15-11-13-17-55(53)32-51)69(100)37-57(81(111)112)31-49-21-27-62(28-22-49)113-45-58-42-99(95-92-58)61-39-68(97(44-61)80(110)72(83(6,7)8)91-74(104)48(2)85-10)78(108)89-66(36-52-20-26-54-16-12-14-18-56(54)33-52)76(106)88-65(75(105)86-40-70(101)102)34-50-23-29-63(30-24-50)114-46-59-41-98(60)94-93-59/h11-30,32-33,41-42,47-48,57,60-61,64-68,71-72,84-85H,31,34-40,43-46H2,1-10H3,(H,86,105)(H,87,107)(H,88,106)(H,89,108)(H,90,103)(H,91,104)(H,101,102)(H,111,112)/t47-,48-,57+,60-,61-,64-,65-,66-,67-,68-,71+,72+/m0/s1. The van der Waals surface area contributed by atoms with Crippen molar-refractivity contribution in [1.29, 1.82) is 0 Å². The topological polar surface area (TPSA) is 411 Å². The summed E-state index contributed by atoms with van der Waals surface area (Å²) in [5.74, 6) is -9.03. The second-order valence-electron chi connectivity index (χ2n) is 31.9. The number of aliphatic carboxylic acids is 2. The summed E-state index contributed by atoms with van der Waals surface area (Å²) in [6, 6.07) is 27.6. The van der Waals surface area contributed by atoms with Crippen molar-refractivity contribution >= 4 is 86.5 Å². The highest BCUT2D eigenvalue weighted by atomic mass is 16.5. The van der Waals surface area contributed by atoms with Crippen LogP contribution in [0.1, 0.15) is 120 Å². The van der Waals surface area contributed by atoms with Gasteiger partial charge >= 0.3 is 11.9 Å². The van der Waals surface area contributed by atoms with Crippen LogP contribution in [0.2, 0.25) is 0 Å². The number of fused-ring (bicyclic) bond motifs is 2. The molecule has 0 saturated carbocycles. The van der Waals surface area contributed by atoms with E-state index in [9.17, 15) is 34.2 Å². The number of hydrogen-bond donors (Lipinski definition) is 10. The van der Waals surface area contributed by atoms with Gasteiger partial charge in [0.05, 0.1) is 48.5 Å². The van der Waals surface area contributed by atoms with E-state index < -0.39 is 161 Å². The maximum Gasteiger partial charge on any atom is 0.322 e. The Kier molecular flexibility index (Phi) is 26.4. The number of ketones is 1. The van der Waals surface area contributed by atoms with E-state index in [2.05, 4.69) is 63.2 Å². The largest absolute Gasteiger partial charge is 0.487 e. The van der Waals surface area contributed by atoms with Crippen molar-refractivity contribution in [1.82, 2.24) is 82.3 Å². The molecule has 114 heavy (non-hydrogen) atoms. The number of likely N-dealkylation sites (tertiary alicyclic amines) is 2. The van der Waals surface area contributed by atoms with Crippen LogP contribution in [-0.4, -0.2) is 203 Å². The Morgan fingerprint density at radius 1 is 0.535 bits per heavy atom. The van der Waals surface area contributed by atoms with Crippen LogP contribution in [0, 0.1) is 16.7 Å². The molecule has 2 fully saturated rings. The molecular weight excluding hydrogens is 1460 g/mol. The average Bonchev–Trinajstić information content (AvgIpc) is 1.63. The van der Waals surface area contributed by atoms with E-state index in [0.717, 1.165) is 21.5 Å². The zero-order chi connectivity index (χ0) is 81.9. The average molecular weight is 1560 g/mol. The molecule has 0 radical (unpaired) electrons. The van der Waals surface area contributed by atoms with Gasteiger partial charge in [0, 0.05) is 45.2 Å². The summed E-state index contributed by atoms with van der Waals surface area (Å²) < 4.78 is 15.4. The number of nitrogens with one attached hydrogen (secondary N) is 8. The molecule has 14 rings (SSSR count). The van der Waals surface area contributed by atoms with Crippen LogP contribution in [0.15, 0.2) is 146 Å². The number of carbonyl (C=O) groups excluding carboxylic acids is 9. The van der Waals surface area contributed by atoms with Crippen molar-refractivity contribution in [2.45, 2.75) is 180 Å². The van der Waals surface area contributed by atoms with Gasteiger partial charge in [0.2, 0.25) is 47.3 Å². The molecule has 602 valence electrons. The third-order valence-corrected chi connectivity index (χ3v) is 21.3. The van der Waals surface area contributed by atoms with E-state index in [0.29, 0.717) is 45.1 Å². The minimum atomic E-state index is -1.44. The van der Waals surface area contributed by atoms with Gasteiger partial charge in [0.1, 0.15) is 78.9 Å². The molecule has 10 N–H and O–H groups in total. The summed E-state index contributed by atoms with van der Waals surface area (Å²) in [6.45, 7) is 12.7. The van der Waals surface area contributed by atoms with Crippen molar-refractivity contribution in [2.75, 3.05) is 33.7 Å². The first-order chi connectivity index (χ1) is 54.3. The molecule has 8 amide bonds. The summed E-state index contributed by atoms with van der Waals surface area (Å²) in [5.41, 5.74) is 1.19. The number of benzene rings is 6. The third kappa shape index (κ3) is 20.8.